The molecule has 1 aliphatic rings. The number of nitrogens with one attached hydrogen (secondary N) is 1. The SMILES string of the molecule is Cc1ccc(C)c(NC(=O)COC(=O)c2ccc3c(c2)C(=O)N(c2cc(C)ccc2C)C3=O)c1. The van der Waals surface area contributed by atoms with Crippen LogP contribution in [0.2, 0.25) is 0 Å². The number of anilines is 2. The van der Waals surface area contributed by atoms with Crippen LogP contribution in [0.4, 0.5) is 11.4 Å². The zero-order valence-corrected chi connectivity index (χ0v) is 19.4. The maximum atomic E-state index is 13.1. The highest BCUT2D eigenvalue weighted by atomic mass is 16.5. The van der Waals surface area contributed by atoms with E-state index in [-0.39, 0.29) is 16.7 Å². The lowest BCUT2D eigenvalue weighted by Gasteiger charge is -2.17. The third kappa shape index (κ3) is 4.32. The second kappa shape index (κ2) is 8.94. The number of benzene rings is 3. The van der Waals surface area contributed by atoms with Gasteiger partial charge in [0.2, 0.25) is 0 Å². The molecule has 0 unspecified atom stereocenters. The molecule has 3 aromatic rings. The number of nitrogens with zero attached hydrogens (tertiary/aromatic N) is 1. The van der Waals surface area contributed by atoms with Gasteiger partial charge < -0.3 is 10.1 Å². The van der Waals surface area contributed by atoms with Crippen LogP contribution in [0.3, 0.4) is 0 Å². The Morgan fingerprint density at radius 2 is 1.44 bits per heavy atom. The lowest BCUT2D eigenvalue weighted by Crippen LogP contribution is -2.30. The van der Waals surface area contributed by atoms with Gasteiger partial charge in [0, 0.05) is 5.69 Å². The number of hydrogen-bond acceptors (Lipinski definition) is 5. The molecule has 3 aromatic carbocycles. The zero-order valence-electron chi connectivity index (χ0n) is 19.4. The quantitative estimate of drug-likeness (QED) is 0.450. The fraction of sp³-hybridized carbons (Fsp3) is 0.185. The van der Waals surface area contributed by atoms with E-state index in [0.29, 0.717) is 11.4 Å². The van der Waals surface area contributed by atoms with Gasteiger partial charge in [-0.1, -0.05) is 24.3 Å². The van der Waals surface area contributed by atoms with Gasteiger partial charge in [-0.2, -0.15) is 0 Å². The molecule has 0 atom stereocenters. The van der Waals surface area contributed by atoms with Gasteiger partial charge in [0.1, 0.15) is 0 Å². The summed E-state index contributed by atoms with van der Waals surface area (Å²) in [6.45, 7) is 7.00. The Kier molecular flexibility index (Phi) is 6.03. The summed E-state index contributed by atoms with van der Waals surface area (Å²) in [5.74, 6) is -2.18. The van der Waals surface area contributed by atoms with E-state index < -0.39 is 30.3 Å². The van der Waals surface area contributed by atoms with Gasteiger partial charge in [-0.05, 0) is 80.3 Å². The molecule has 7 heteroatoms. The molecule has 1 N–H and O–H groups in total. The lowest BCUT2D eigenvalue weighted by molar-refractivity contribution is -0.119. The standard InChI is InChI=1S/C27H24N2O5/c1-15-5-7-17(3)22(11-15)28-24(30)14-34-27(33)19-9-10-20-21(13-19)26(32)29(25(20)31)23-12-16(2)6-8-18(23)4/h5-13H,14H2,1-4H3,(H,28,30). The minimum atomic E-state index is -0.760. The smallest absolute Gasteiger partial charge is 0.338 e. The van der Waals surface area contributed by atoms with Crippen LogP contribution >= 0.6 is 0 Å². The van der Waals surface area contributed by atoms with Crippen molar-refractivity contribution in [2.24, 2.45) is 0 Å². The number of esters is 1. The van der Waals surface area contributed by atoms with Crippen LogP contribution in [-0.2, 0) is 9.53 Å². The van der Waals surface area contributed by atoms with Gasteiger partial charge in [-0.25, -0.2) is 9.69 Å². The van der Waals surface area contributed by atoms with E-state index in [0.717, 1.165) is 27.2 Å². The van der Waals surface area contributed by atoms with Crippen LogP contribution in [0.1, 0.15) is 53.3 Å². The molecule has 0 spiro atoms. The molecule has 1 aliphatic heterocycles. The van der Waals surface area contributed by atoms with E-state index in [4.69, 9.17) is 4.74 Å². The van der Waals surface area contributed by atoms with E-state index in [1.807, 2.05) is 58.0 Å². The van der Waals surface area contributed by atoms with Crippen molar-refractivity contribution in [3.05, 3.63) is 93.5 Å². The number of hydrogen-bond donors (Lipinski definition) is 1. The highest BCUT2D eigenvalue weighted by Crippen LogP contribution is 2.32. The van der Waals surface area contributed by atoms with Gasteiger partial charge >= 0.3 is 5.97 Å². The third-order valence-corrected chi connectivity index (χ3v) is 5.73. The summed E-state index contributed by atoms with van der Waals surface area (Å²) >= 11 is 0. The first kappa shape index (κ1) is 22.9. The Hall–Kier alpha value is -4.26. The number of carbonyl (C=O) groups is 4. The Labute approximate surface area is 197 Å². The first-order chi connectivity index (χ1) is 16.2. The van der Waals surface area contributed by atoms with Crippen LogP contribution in [-0.4, -0.2) is 30.3 Å². The van der Waals surface area contributed by atoms with E-state index in [9.17, 15) is 19.2 Å². The molecule has 0 bridgehead atoms. The summed E-state index contributed by atoms with van der Waals surface area (Å²) < 4.78 is 5.14. The second-order valence-corrected chi connectivity index (χ2v) is 8.44. The van der Waals surface area contributed by atoms with Crippen molar-refractivity contribution in [3.8, 4) is 0 Å². The molecule has 172 valence electrons. The first-order valence-electron chi connectivity index (χ1n) is 10.8. The molecule has 0 saturated heterocycles. The number of carbonyl (C=O) groups excluding carboxylic acids is 4. The maximum absolute atomic E-state index is 13.1. The van der Waals surface area contributed by atoms with Crippen LogP contribution in [0.25, 0.3) is 0 Å². The first-order valence-corrected chi connectivity index (χ1v) is 10.8. The normalized spacial score (nSPS) is 12.5. The molecular formula is C27H24N2O5. The number of ether oxygens (including phenoxy) is 1. The van der Waals surface area contributed by atoms with Crippen molar-refractivity contribution in [1.82, 2.24) is 0 Å². The van der Waals surface area contributed by atoms with Crippen LogP contribution in [0.15, 0.2) is 54.6 Å². The van der Waals surface area contributed by atoms with Gasteiger partial charge in [-0.15, -0.1) is 0 Å². The Bertz CT molecular complexity index is 1360. The molecule has 0 radical (unpaired) electrons. The topological polar surface area (TPSA) is 92.8 Å². The predicted octanol–water partition coefficient (Wildman–Crippen LogP) is 4.52. The zero-order chi connectivity index (χ0) is 24.6. The van der Waals surface area contributed by atoms with Crippen molar-refractivity contribution in [3.63, 3.8) is 0 Å². The molecule has 4 rings (SSSR count). The van der Waals surface area contributed by atoms with Crippen molar-refractivity contribution in [1.29, 1.82) is 0 Å². The van der Waals surface area contributed by atoms with E-state index in [2.05, 4.69) is 5.32 Å². The Balaban J connectivity index is 1.48. The van der Waals surface area contributed by atoms with Gasteiger partial charge in [-0.3, -0.25) is 14.4 Å². The van der Waals surface area contributed by atoms with E-state index in [1.165, 1.54) is 18.2 Å². The number of fused-ring (bicyclic) bond motifs is 1. The molecule has 0 saturated carbocycles. The Morgan fingerprint density at radius 1 is 0.794 bits per heavy atom. The minimum Gasteiger partial charge on any atom is -0.452 e. The fourth-order valence-electron chi connectivity index (χ4n) is 3.82. The highest BCUT2D eigenvalue weighted by molar-refractivity contribution is 6.35. The van der Waals surface area contributed by atoms with Gasteiger partial charge in [0.25, 0.3) is 17.7 Å². The third-order valence-electron chi connectivity index (χ3n) is 5.73. The number of rotatable bonds is 5. The van der Waals surface area contributed by atoms with Gasteiger partial charge in [0.15, 0.2) is 6.61 Å². The molecule has 7 nitrogen and oxygen atoms in total. The van der Waals surface area contributed by atoms with Crippen molar-refractivity contribution in [2.75, 3.05) is 16.8 Å². The summed E-state index contributed by atoms with van der Waals surface area (Å²) in [5, 5.41) is 2.72. The molecule has 3 amide bonds. The Morgan fingerprint density at radius 3 is 2.18 bits per heavy atom. The van der Waals surface area contributed by atoms with Crippen molar-refractivity contribution >= 4 is 35.1 Å². The molecule has 0 fully saturated rings. The monoisotopic (exact) mass is 456 g/mol. The average Bonchev–Trinajstić information content (AvgIpc) is 3.05. The van der Waals surface area contributed by atoms with Crippen LogP contribution in [0, 0.1) is 27.7 Å². The predicted molar refractivity (Wildman–Crippen MR) is 128 cm³/mol. The molecule has 1 heterocycles. The second-order valence-electron chi connectivity index (χ2n) is 8.44. The number of amides is 3. The van der Waals surface area contributed by atoms with E-state index >= 15 is 0 Å². The van der Waals surface area contributed by atoms with Crippen LogP contribution < -0.4 is 10.2 Å². The van der Waals surface area contributed by atoms with Crippen LogP contribution in [0.5, 0.6) is 0 Å². The maximum Gasteiger partial charge on any atom is 0.338 e. The average molecular weight is 456 g/mol. The molecule has 0 aliphatic carbocycles. The summed E-state index contributed by atoms with van der Waals surface area (Å²) in [7, 11) is 0. The minimum absolute atomic E-state index is 0.0854. The fourth-order valence-corrected chi connectivity index (χ4v) is 3.82. The number of imide groups is 1. The van der Waals surface area contributed by atoms with Crippen molar-refractivity contribution in [2.45, 2.75) is 27.7 Å². The lowest BCUT2D eigenvalue weighted by atomic mass is 10.1. The molecular weight excluding hydrogens is 432 g/mol. The summed E-state index contributed by atoms with van der Waals surface area (Å²) in [6.07, 6.45) is 0. The molecule has 0 aromatic heterocycles. The summed E-state index contributed by atoms with van der Waals surface area (Å²) in [5.41, 5.74) is 5.17. The number of aryl methyl sites for hydroxylation is 4. The summed E-state index contributed by atoms with van der Waals surface area (Å²) in [4.78, 5) is 51.9. The summed E-state index contributed by atoms with van der Waals surface area (Å²) in [6, 6.07) is 15.4. The largest absolute Gasteiger partial charge is 0.452 e. The van der Waals surface area contributed by atoms with Crippen molar-refractivity contribution < 1.29 is 23.9 Å². The highest BCUT2D eigenvalue weighted by Gasteiger charge is 2.38. The van der Waals surface area contributed by atoms with E-state index in [1.54, 1.807) is 6.07 Å². The van der Waals surface area contributed by atoms with Gasteiger partial charge in [0.05, 0.1) is 22.4 Å². The molecule has 34 heavy (non-hydrogen) atoms.